The van der Waals surface area contributed by atoms with Crippen molar-refractivity contribution in [2.45, 2.75) is 19.3 Å². The summed E-state index contributed by atoms with van der Waals surface area (Å²) in [6, 6.07) is 13.7. The fourth-order valence-corrected chi connectivity index (χ4v) is 4.16. The summed E-state index contributed by atoms with van der Waals surface area (Å²) in [5, 5.41) is 9.66. The number of benzene rings is 2. The lowest BCUT2D eigenvalue weighted by molar-refractivity contribution is 0.780. The number of nitrogens with one attached hydrogen (secondary N) is 1. The van der Waals surface area contributed by atoms with Crippen molar-refractivity contribution in [1.82, 2.24) is 9.78 Å². The minimum atomic E-state index is 0.586. The highest BCUT2D eigenvalue weighted by atomic mass is 79.9. The minimum Gasteiger partial charge on any atom is -0.370 e. The van der Waals surface area contributed by atoms with Crippen LogP contribution < -0.4 is 5.32 Å². The lowest BCUT2D eigenvalue weighted by Crippen LogP contribution is -2.07. The smallest absolute Gasteiger partial charge is 0.133 e. The molecule has 0 atom stereocenters. The second kappa shape index (κ2) is 7.02. The Hall–Kier alpha value is -1.49. The molecule has 1 aliphatic rings. The van der Waals surface area contributed by atoms with Crippen LogP contribution >= 0.6 is 39.1 Å². The summed E-state index contributed by atoms with van der Waals surface area (Å²) in [6.07, 6.45) is 3.26. The van der Waals surface area contributed by atoms with Crippen LogP contribution in [-0.4, -0.2) is 16.3 Å². The third-order valence-electron chi connectivity index (χ3n) is 4.40. The zero-order chi connectivity index (χ0) is 17.4. The summed E-state index contributed by atoms with van der Waals surface area (Å²) in [4.78, 5) is 0. The highest BCUT2D eigenvalue weighted by Crippen LogP contribution is 2.38. The zero-order valence-corrected chi connectivity index (χ0v) is 16.5. The number of halogens is 3. The van der Waals surface area contributed by atoms with E-state index in [1.807, 2.05) is 35.0 Å². The summed E-state index contributed by atoms with van der Waals surface area (Å²) >= 11 is 16.2. The molecule has 0 bridgehead atoms. The first-order chi connectivity index (χ1) is 12.1. The van der Waals surface area contributed by atoms with Crippen LogP contribution in [0.5, 0.6) is 0 Å². The topological polar surface area (TPSA) is 29.9 Å². The molecular weight excluding hydrogens is 421 g/mol. The summed E-state index contributed by atoms with van der Waals surface area (Å²) < 4.78 is 2.95. The SMILES string of the molecule is Clc1ccc(-n2nc(-c3ccccc3Br)c3c2NCCCC3)c(Cl)c1. The summed E-state index contributed by atoms with van der Waals surface area (Å²) in [7, 11) is 0. The maximum atomic E-state index is 6.45. The van der Waals surface area contributed by atoms with Gasteiger partial charge in [0.15, 0.2) is 0 Å². The van der Waals surface area contributed by atoms with Gasteiger partial charge < -0.3 is 5.32 Å². The van der Waals surface area contributed by atoms with E-state index in [0.29, 0.717) is 10.0 Å². The van der Waals surface area contributed by atoms with Crippen molar-refractivity contribution in [2.75, 3.05) is 11.9 Å². The second-order valence-corrected chi connectivity index (χ2v) is 7.75. The van der Waals surface area contributed by atoms with Crippen molar-refractivity contribution in [2.24, 2.45) is 0 Å². The number of rotatable bonds is 2. The van der Waals surface area contributed by atoms with E-state index in [2.05, 4.69) is 27.3 Å². The van der Waals surface area contributed by atoms with E-state index in [1.165, 1.54) is 5.56 Å². The fraction of sp³-hybridized carbons (Fsp3) is 0.211. The quantitative estimate of drug-likeness (QED) is 0.506. The molecule has 2 aromatic carbocycles. The number of fused-ring (bicyclic) bond motifs is 1. The molecule has 3 aromatic rings. The van der Waals surface area contributed by atoms with Gasteiger partial charge in [0, 0.05) is 27.2 Å². The third-order valence-corrected chi connectivity index (χ3v) is 5.63. The molecule has 0 radical (unpaired) electrons. The highest BCUT2D eigenvalue weighted by Gasteiger charge is 2.23. The minimum absolute atomic E-state index is 0.586. The summed E-state index contributed by atoms with van der Waals surface area (Å²) in [6.45, 7) is 0.930. The molecule has 2 heterocycles. The first kappa shape index (κ1) is 17.0. The van der Waals surface area contributed by atoms with Crippen LogP contribution in [0, 0.1) is 0 Å². The molecule has 4 rings (SSSR count). The maximum Gasteiger partial charge on any atom is 0.133 e. The first-order valence-electron chi connectivity index (χ1n) is 8.21. The van der Waals surface area contributed by atoms with Gasteiger partial charge in [0.2, 0.25) is 0 Å². The van der Waals surface area contributed by atoms with Crippen molar-refractivity contribution < 1.29 is 0 Å². The molecule has 6 heteroatoms. The van der Waals surface area contributed by atoms with E-state index in [4.69, 9.17) is 28.3 Å². The molecular formula is C19H16BrCl2N3. The van der Waals surface area contributed by atoms with Crippen molar-refractivity contribution >= 4 is 44.9 Å². The van der Waals surface area contributed by atoms with Gasteiger partial charge in [0.1, 0.15) is 5.82 Å². The number of nitrogens with zero attached hydrogens (tertiary/aromatic N) is 2. The molecule has 0 aliphatic carbocycles. The molecule has 0 spiro atoms. The van der Waals surface area contributed by atoms with Gasteiger partial charge in [-0.2, -0.15) is 5.10 Å². The Labute approximate surface area is 165 Å². The number of anilines is 1. The first-order valence-corrected chi connectivity index (χ1v) is 9.76. The van der Waals surface area contributed by atoms with Crippen LogP contribution in [0.1, 0.15) is 18.4 Å². The van der Waals surface area contributed by atoms with Gasteiger partial charge in [-0.3, -0.25) is 0 Å². The van der Waals surface area contributed by atoms with E-state index in [9.17, 15) is 0 Å². The monoisotopic (exact) mass is 435 g/mol. The van der Waals surface area contributed by atoms with E-state index < -0.39 is 0 Å². The summed E-state index contributed by atoms with van der Waals surface area (Å²) in [5.41, 5.74) is 4.14. The average Bonchev–Trinajstić information content (AvgIpc) is 2.78. The van der Waals surface area contributed by atoms with E-state index in [1.54, 1.807) is 6.07 Å². The molecule has 1 N–H and O–H groups in total. The Morgan fingerprint density at radius 3 is 2.72 bits per heavy atom. The van der Waals surface area contributed by atoms with Crippen LogP contribution in [0.25, 0.3) is 16.9 Å². The van der Waals surface area contributed by atoms with Crippen molar-refractivity contribution in [3.63, 3.8) is 0 Å². The lowest BCUT2D eigenvalue weighted by Gasteiger charge is -2.10. The molecule has 0 unspecified atom stereocenters. The van der Waals surface area contributed by atoms with Crippen molar-refractivity contribution in [1.29, 1.82) is 0 Å². The predicted molar refractivity (Wildman–Crippen MR) is 108 cm³/mol. The fourth-order valence-electron chi connectivity index (χ4n) is 3.20. The Morgan fingerprint density at radius 1 is 1.08 bits per heavy atom. The number of aromatic nitrogens is 2. The molecule has 25 heavy (non-hydrogen) atoms. The van der Waals surface area contributed by atoms with Gasteiger partial charge in [-0.25, -0.2) is 4.68 Å². The Morgan fingerprint density at radius 2 is 1.92 bits per heavy atom. The van der Waals surface area contributed by atoms with Crippen LogP contribution in [0.4, 0.5) is 5.82 Å². The van der Waals surface area contributed by atoms with Crippen LogP contribution in [-0.2, 0) is 6.42 Å². The predicted octanol–water partition coefficient (Wildman–Crippen LogP) is 6.36. The Balaban J connectivity index is 1.95. The van der Waals surface area contributed by atoms with Crippen molar-refractivity contribution in [3.8, 4) is 16.9 Å². The van der Waals surface area contributed by atoms with Gasteiger partial charge in [-0.1, -0.05) is 57.3 Å². The molecule has 3 nitrogen and oxygen atoms in total. The van der Waals surface area contributed by atoms with Crippen LogP contribution in [0.2, 0.25) is 10.0 Å². The Kier molecular flexibility index (Phi) is 4.76. The van der Waals surface area contributed by atoms with E-state index >= 15 is 0 Å². The van der Waals surface area contributed by atoms with Gasteiger partial charge in [-0.05, 0) is 43.5 Å². The maximum absolute atomic E-state index is 6.45. The van der Waals surface area contributed by atoms with E-state index in [-0.39, 0.29) is 0 Å². The van der Waals surface area contributed by atoms with Gasteiger partial charge in [-0.15, -0.1) is 0 Å². The lowest BCUT2D eigenvalue weighted by atomic mass is 10.0. The molecule has 0 amide bonds. The number of hydrogen-bond acceptors (Lipinski definition) is 2. The van der Waals surface area contributed by atoms with Crippen molar-refractivity contribution in [3.05, 3.63) is 62.5 Å². The second-order valence-electron chi connectivity index (χ2n) is 6.05. The highest BCUT2D eigenvalue weighted by molar-refractivity contribution is 9.10. The molecule has 1 aromatic heterocycles. The normalized spacial score (nSPS) is 13.9. The molecule has 1 aliphatic heterocycles. The van der Waals surface area contributed by atoms with E-state index in [0.717, 1.165) is 53.0 Å². The number of hydrogen-bond donors (Lipinski definition) is 1. The molecule has 128 valence electrons. The zero-order valence-electron chi connectivity index (χ0n) is 13.4. The largest absolute Gasteiger partial charge is 0.370 e. The average molecular weight is 437 g/mol. The summed E-state index contributed by atoms with van der Waals surface area (Å²) in [5.74, 6) is 1.02. The van der Waals surface area contributed by atoms with Gasteiger partial charge in [0.05, 0.1) is 16.4 Å². The van der Waals surface area contributed by atoms with Gasteiger partial charge >= 0.3 is 0 Å². The van der Waals surface area contributed by atoms with Gasteiger partial charge in [0.25, 0.3) is 0 Å². The van der Waals surface area contributed by atoms with Crippen LogP contribution in [0.3, 0.4) is 0 Å². The third kappa shape index (κ3) is 3.19. The molecule has 0 saturated carbocycles. The molecule has 0 fully saturated rings. The Bertz CT molecular complexity index is 936. The molecule has 0 saturated heterocycles. The van der Waals surface area contributed by atoms with Crippen LogP contribution in [0.15, 0.2) is 46.9 Å². The standard InChI is InChI=1S/C19H16BrCl2N3/c20-15-7-2-1-5-13(15)18-14-6-3-4-10-23-19(14)25(24-18)17-9-8-12(21)11-16(17)22/h1-2,5,7-9,11,23H,3-4,6,10H2.